The van der Waals surface area contributed by atoms with Crippen LogP contribution >= 0.6 is 0 Å². The molecule has 0 aliphatic carbocycles. The van der Waals surface area contributed by atoms with Crippen LogP contribution < -0.4 is 10.6 Å². The molecule has 2 aromatic rings. The fourth-order valence-electron chi connectivity index (χ4n) is 2.98. The van der Waals surface area contributed by atoms with Gasteiger partial charge in [-0.15, -0.1) is 0 Å². The highest BCUT2D eigenvalue weighted by Gasteiger charge is 2.41. The van der Waals surface area contributed by atoms with Crippen LogP contribution in [-0.2, 0) is 9.84 Å². The number of nitrogens with one attached hydrogen (secondary N) is 2. The van der Waals surface area contributed by atoms with E-state index in [1.165, 1.54) is 0 Å². The lowest BCUT2D eigenvalue weighted by molar-refractivity contribution is 0.462. The number of fused-ring (bicyclic) bond motifs is 1. The van der Waals surface area contributed by atoms with Crippen LogP contribution in [0.3, 0.4) is 0 Å². The predicted molar refractivity (Wildman–Crippen MR) is 87.6 cm³/mol. The third-order valence-electron chi connectivity index (χ3n) is 4.31. The van der Waals surface area contributed by atoms with E-state index in [4.69, 9.17) is 0 Å². The zero-order valence-corrected chi connectivity index (χ0v) is 13.7. The average Bonchev–Trinajstić information content (AvgIpc) is 2.73. The highest BCUT2D eigenvalue weighted by Crippen LogP contribution is 2.31. The minimum atomic E-state index is -3.54. The lowest BCUT2D eigenvalue weighted by atomic mass is 10.1. The zero-order chi connectivity index (χ0) is 15.8. The molecule has 1 saturated heterocycles. The van der Waals surface area contributed by atoms with Gasteiger partial charge in [0.2, 0.25) is 0 Å². The van der Waals surface area contributed by atoms with Crippen LogP contribution in [0.15, 0.2) is 35.5 Å². The number of hydrogen-bond acceptors (Lipinski definition) is 5. The van der Waals surface area contributed by atoms with Crippen LogP contribution in [0.4, 0.5) is 0 Å². The van der Waals surface area contributed by atoms with E-state index in [1.807, 2.05) is 13.0 Å². The standard InChI is InChI=1S/C16H21N3O2S/c1-12-9-18-10-13-5-3-6-14(15(12)13)22(20,21)16(2)11-17-7-4-8-19-16/h3,5-6,9-10,17,19H,4,7-8,11H2,1-2H3/t16-/m0/s1. The topological polar surface area (TPSA) is 71.1 Å². The van der Waals surface area contributed by atoms with Crippen LogP contribution in [0, 0.1) is 6.92 Å². The normalized spacial score (nSPS) is 23.4. The summed E-state index contributed by atoms with van der Waals surface area (Å²) in [5.74, 6) is 0. The maximum absolute atomic E-state index is 13.3. The van der Waals surface area contributed by atoms with Crippen molar-refractivity contribution in [2.24, 2.45) is 0 Å². The number of benzene rings is 1. The molecular weight excluding hydrogens is 298 g/mol. The Bertz CT molecular complexity index is 789. The molecule has 2 N–H and O–H groups in total. The molecule has 6 heteroatoms. The SMILES string of the molecule is Cc1cncc2cccc(S(=O)(=O)[C@@]3(C)CNCCCN3)c12. The van der Waals surface area contributed by atoms with Crippen molar-refractivity contribution in [1.29, 1.82) is 0 Å². The summed E-state index contributed by atoms with van der Waals surface area (Å²) in [6, 6.07) is 5.38. The van der Waals surface area contributed by atoms with Gasteiger partial charge in [-0.25, -0.2) is 8.42 Å². The van der Waals surface area contributed by atoms with Crippen LogP contribution in [0.25, 0.3) is 10.8 Å². The lowest BCUT2D eigenvalue weighted by Gasteiger charge is -2.29. The number of aromatic nitrogens is 1. The Morgan fingerprint density at radius 1 is 1.23 bits per heavy atom. The van der Waals surface area contributed by atoms with Gasteiger partial charge < -0.3 is 5.32 Å². The van der Waals surface area contributed by atoms with Gasteiger partial charge >= 0.3 is 0 Å². The Balaban J connectivity index is 2.21. The largest absolute Gasteiger partial charge is 0.314 e. The molecule has 1 fully saturated rings. The van der Waals surface area contributed by atoms with E-state index in [0.717, 1.165) is 29.3 Å². The van der Waals surface area contributed by atoms with Crippen molar-refractivity contribution in [2.75, 3.05) is 19.6 Å². The molecule has 0 unspecified atom stereocenters. The van der Waals surface area contributed by atoms with Crippen molar-refractivity contribution >= 4 is 20.6 Å². The first-order valence-electron chi connectivity index (χ1n) is 7.49. The first-order valence-corrected chi connectivity index (χ1v) is 8.98. The number of hydrogen-bond donors (Lipinski definition) is 2. The number of nitrogens with zero attached hydrogens (tertiary/aromatic N) is 1. The molecule has 22 heavy (non-hydrogen) atoms. The minimum Gasteiger partial charge on any atom is -0.314 e. The molecule has 1 aromatic carbocycles. The van der Waals surface area contributed by atoms with E-state index in [2.05, 4.69) is 15.6 Å². The minimum absolute atomic E-state index is 0.378. The molecule has 1 aromatic heterocycles. The number of pyridine rings is 1. The van der Waals surface area contributed by atoms with Crippen LogP contribution in [-0.4, -0.2) is 37.9 Å². The summed E-state index contributed by atoms with van der Waals surface area (Å²) in [6.45, 7) is 5.58. The Morgan fingerprint density at radius 3 is 2.86 bits per heavy atom. The van der Waals surface area contributed by atoms with Gasteiger partial charge in [-0.05, 0) is 45.0 Å². The third-order valence-corrected chi connectivity index (χ3v) is 6.70. The summed E-state index contributed by atoms with van der Waals surface area (Å²) in [6.07, 6.45) is 4.34. The van der Waals surface area contributed by atoms with Crippen molar-refractivity contribution in [2.45, 2.75) is 30.0 Å². The molecule has 3 rings (SSSR count). The summed E-state index contributed by atoms with van der Waals surface area (Å²) >= 11 is 0. The monoisotopic (exact) mass is 319 g/mol. The van der Waals surface area contributed by atoms with Crippen molar-refractivity contribution < 1.29 is 8.42 Å². The third kappa shape index (κ3) is 2.41. The van der Waals surface area contributed by atoms with Crippen molar-refractivity contribution in [3.8, 4) is 0 Å². The fraction of sp³-hybridized carbons (Fsp3) is 0.438. The zero-order valence-electron chi connectivity index (χ0n) is 12.9. The fourth-order valence-corrected chi connectivity index (χ4v) is 4.86. The summed E-state index contributed by atoms with van der Waals surface area (Å²) in [4.78, 5) is 3.53. The van der Waals surface area contributed by atoms with Gasteiger partial charge in [-0.2, -0.15) is 0 Å². The lowest BCUT2D eigenvalue weighted by Crippen LogP contribution is -2.54. The summed E-state index contributed by atoms with van der Waals surface area (Å²) in [5, 5.41) is 8.06. The predicted octanol–water partition coefficient (Wildman–Crippen LogP) is 1.62. The molecule has 0 radical (unpaired) electrons. The molecule has 0 saturated carbocycles. The molecule has 0 amide bonds. The quantitative estimate of drug-likeness (QED) is 0.880. The summed E-state index contributed by atoms with van der Waals surface area (Å²) in [5.41, 5.74) is 0.877. The van der Waals surface area contributed by atoms with Crippen molar-refractivity contribution in [3.63, 3.8) is 0 Å². The second-order valence-corrected chi connectivity index (χ2v) is 8.35. The number of aryl methyl sites for hydroxylation is 1. The number of sulfone groups is 1. The molecule has 1 aliphatic rings. The van der Waals surface area contributed by atoms with Gasteiger partial charge in [0.25, 0.3) is 0 Å². The Hall–Kier alpha value is -1.50. The second kappa shape index (κ2) is 5.61. The molecule has 0 bridgehead atoms. The van der Waals surface area contributed by atoms with Crippen LogP contribution in [0.1, 0.15) is 18.9 Å². The van der Waals surface area contributed by atoms with Gasteiger partial charge in [0.15, 0.2) is 9.84 Å². The first kappa shape index (κ1) is 15.4. The van der Waals surface area contributed by atoms with E-state index in [1.54, 1.807) is 31.5 Å². The van der Waals surface area contributed by atoms with E-state index >= 15 is 0 Å². The molecule has 0 spiro atoms. The molecule has 1 atom stereocenters. The molecule has 5 nitrogen and oxygen atoms in total. The number of rotatable bonds is 2. The smallest absolute Gasteiger partial charge is 0.198 e. The van der Waals surface area contributed by atoms with Gasteiger partial charge in [0.1, 0.15) is 4.87 Å². The Labute approximate surface area is 131 Å². The van der Waals surface area contributed by atoms with Gasteiger partial charge in [-0.3, -0.25) is 10.3 Å². The Morgan fingerprint density at radius 2 is 2.05 bits per heavy atom. The van der Waals surface area contributed by atoms with Crippen molar-refractivity contribution in [1.82, 2.24) is 15.6 Å². The van der Waals surface area contributed by atoms with Gasteiger partial charge in [-0.1, -0.05) is 12.1 Å². The van der Waals surface area contributed by atoms with Gasteiger partial charge in [0.05, 0.1) is 4.90 Å². The molecular formula is C16H21N3O2S. The first-order chi connectivity index (χ1) is 10.5. The van der Waals surface area contributed by atoms with E-state index in [-0.39, 0.29) is 0 Å². The van der Waals surface area contributed by atoms with Crippen molar-refractivity contribution in [3.05, 3.63) is 36.2 Å². The van der Waals surface area contributed by atoms with E-state index < -0.39 is 14.7 Å². The molecule has 118 valence electrons. The van der Waals surface area contributed by atoms with E-state index in [9.17, 15) is 8.42 Å². The maximum atomic E-state index is 13.3. The maximum Gasteiger partial charge on any atom is 0.198 e. The van der Waals surface area contributed by atoms with E-state index in [0.29, 0.717) is 18.0 Å². The second-order valence-electron chi connectivity index (χ2n) is 6.00. The van der Waals surface area contributed by atoms with Gasteiger partial charge in [0, 0.05) is 29.7 Å². The van der Waals surface area contributed by atoms with Crippen LogP contribution in [0.2, 0.25) is 0 Å². The molecule has 1 aliphatic heterocycles. The summed E-state index contributed by atoms with van der Waals surface area (Å²) in [7, 11) is -3.54. The average molecular weight is 319 g/mol. The Kier molecular flexibility index (Phi) is 3.92. The molecule has 2 heterocycles. The summed E-state index contributed by atoms with van der Waals surface area (Å²) < 4.78 is 26.6. The highest BCUT2D eigenvalue weighted by molar-refractivity contribution is 7.93. The van der Waals surface area contributed by atoms with Crippen LogP contribution in [0.5, 0.6) is 0 Å². The highest BCUT2D eigenvalue weighted by atomic mass is 32.2.